The first-order valence-electron chi connectivity index (χ1n) is 8.14. The Hall–Kier alpha value is -1.98. The van der Waals surface area contributed by atoms with Gasteiger partial charge in [-0.05, 0) is 24.5 Å². The Morgan fingerprint density at radius 2 is 1.96 bits per heavy atom. The largest absolute Gasteiger partial charge is 0.330 e. The summed E-state index contributed by atoms with van der Waals surface area (Å²) in [5.41, 5.74) is 0.781. The zero-order valence-electron chi connectivity index (χ0n) is 14.6. The van der Waals surface area contributed by atoms with Crippen molar-refractivity contribution in [3.8, 4) is 0 Å². The van der Waals surface area contributed by atoms with Crippen LogP contribution in [0.2, 0.25) is 0 Å². The molecule has 1 aliphatic rings. The van der Waals surface area contributed by atoms with E-state index in [4.69, 9.17) is 0 Å². The van der Waals surface area contributed by atoms with E-state index in [9.17, 15) is 9.59 Å². The zero-order chi connectivity index (χ0) is 17.2. The summed E-state index contributed by atoms with van der Waals surface area (Å²) in [6.45, 7) is 10.7. The molecule has 126 valence electrons. The third-order valence-corrected chi connectivity index (χ3v) is 4.03. The highest BCUT2D eigenvalue weighted by Gasteiger charge is 2.35. The molecule has 1 fully saturated rings. The monoisotopic (exact) mass is 318 g/mol. The summed E-state index contributed by atoms with van der Waals surface area (Å²) in [7, 11) is 0. The van der Waals surface area contributed by atoms with E-state index in [-0.39, 0.29) is 23.1 Å². The van der Waals surface area contributed by atoms with Crippen LogP contribution in [0.5, 0.6) is 0 Å². The Morgan fingerprint density at radius 1 is 1.26 bits per heavy atom. The molecule has 2 heterocycles. The number of rotatable bonds is 4. The first-order chi connectivity index (χ1) is 10.7. The van der Waals surface area contributed by atoms with E-state index < -0.39 is 6.04 Å². The van der Waals surface area contributed by atoms with Gasteiger partial charge >= 0.3 is 0 Å². The van der Waals surface area contributed by atoms with Crippen LogP contribution < -0.4 is 5.32 Å². The highest BCUT2D eigenvalue weighted by molar-refractivity contribution is 5.97. The first-order valence-corrected chi connectivity index (χ1v) is 8.14. The summed E-state index contributed by atoms with van der Waals surface area (Å²) < 4.78 is 0. The van der Waals surface area contributed by atoms with E-state index in [0.29, 0.717) is 18.8 Å². The lowest BCUT2D eigenvalue weighted by atomic mass is 9.92. The molecule has 1 saturated heterocycles. The SMILES string of the molecule is CC(C)[C@@H](C(=O)Nc1ccc(C(C)(C)C)nn1)N1CCCC1=O. The van der Waals surface area contributed by atoms with Crippen molar-refractivity contribution in [3.63, 3.8) is 0 Å². The fourth-order valence-corrected chi connectivity index (χ4v) is 2.77. The van der Waals surface area contributed by atoms with Crippen LogP contribution in [0.1, 0.15) is 53.2 Å². The Bertz CT molecular complexity index is 575. The van der Waals surface area contributed by atoms with Gasteiger partial charge < -0.3 is 10.2 Å². The first kappa shape index (κ1) is 17.4. The lowest BCUT2D eigenvalue weighted by molar-refractivity contribution is -0.136. The minimum atomic E-state index is -0.464. The molecule has 1 atom stereocenters. The van der Waals surface area contributed by atoms with E-state index in [1.807, 2.05) is 19.9 Å². The highest BCUT2D eigenvalue weighted by Crippen LogP contribution is 2.22. The Balaban J connectivity index is 2.11. The summed E-state index contributed by atoms with van der Waals surface area (Å²) in [5, 5.41) is 11.1. The van der Waals surface area contributed by atoms with Crippen molar-refractivity contribution >= 4 is 17.6 Å². The minimum Gasteiger partial charge on any atom is -0.330 e. The van der Waals surface area contributed by atoms with Gasteiger partial charge in [0.2, 0.25) is 11.8 Å². The predicted molar refractivity (Wildman–Crippen MR) is 88.9 cm³/mol. The number of nitrogens with one attached hydrogen (secondary N) is 1. The lowest BCUT2D eigenvalue weighted by Crippen LogP contribution is -2.48. The summed E-state index contributed by atoms with van der Waals surface area (Å²) in [6.07, 6.45) is 1.34. The second-order valence-corrected chi connectivity index (χ2v) is 7.42. The van der Waals surface area contributed by atoms with Crippen LogP contribution in [-0.2, 0) is 15.0 Å². The molecule has 2 amide bonds. The van der Waals surface area contributed by atoms with Crippen molar-refractivity contribution in [2.45, 2.75) is 58.9 Å². The molecule has 1 aromatic rings. The number of likely N-dealkylation sites (tertiary alicyclic amines) is 1. The number of nitrogens with zero attached hydrogens (tertiary/aromatic N) is 3. The fraction of sp³-hybridized carbons (Fsp3) is 0.647. The van der Waals surface area contributed by atoms with Gasteiger partial charge in [-0.2, -0.15) is 5.10 Å². The molecule has 0 radical (unpaired) electrons. The van der Waals surface area contributed by atoms with Crippen molar-refractivity contribution in [2.24, 2.45) is 5.92 Å². The van der Waals surface area contributed by atoms with Crippen LogP contribution in [0.15, 0.2) is 12.1 Å². The molecule has 6 nitrogen and oxygen atoms in total. The van der Waals surface area contributed by atoms with Gasteiger partial charge in [-0.3, -0.25) is 9.59 Å². The topological polar surface area (TPSA) is 75.2 Å². The number of amides is 2. The molecule has 6 heteroatoms. The summed E-state index contributed by atoms with van der Waals surface area (Å²) >= 11 is 0. The van der Waals surface area contributed by atoms with Crippen molar-refractivity contribution < 1.29 is 9.59 Å². The van der Waals surface area contributed by atoms with E-state index in [1.165, 1.54) is 0 Å². The minimum absolute atomic E-state index is 0.0406. The fourth-order valence-electron chi connectivity index (χ4n) is 2.77. The Labute approximate surface area is 137 Å². The number of carbonyl (C=O) groups excluding carboxylic acids is 2. The Kier molecular flexibility index (Phi) is 5.02. The summed E-state index contributed by atoms with van der Waals surface area (Å²) in [5.74, 6) is 0.306. The molecule has 0 spiro atoms. The third kappa shape index (κ3) is 4.06. The molecule has 1 aromatic heterocycles. The molecule has 2 rings (SSSR count). The van der Waals surface area contributed by atoms with Crippen molar-refractivity contribution in [1.29, 1.82) is 0 Å². The lowest BCUT2D eigenvalue weighted by Gasteiger charge is -2.29. The van der Waals surface area contributed by atoms with Gasteiger partial charge in [0, 0.05) is 18.4 Å². The number of aromatic nitrogens is 2. The smallest absolute Gasteiger partial charge is 0.248 e. The molecular weight excluding hydrogens is 292 g/mol. The van der Waals surface area contributed by atoms with Gasteiger partial charge in [-0.15, -0.1) is 5.10 Å². The number of carbonyl (C=O) groups is 2. The van der Waals surface area contributed by atoms with Gasteiger partial charge in [-0.1, -0.05) is 34.6 Å². The molecule has 0 aliphatic carbocycles. The predicted octanol–water partition coefficient (Wildman–Crippen LogP) is 2.36. The van der Waals surface area contributed by atoms with Crippen molar-refractivity contribution in [1.82, 2.24) is 15.1 Å². The molecule has 0 unspecified atom stereocenters. The van der Waals surface area contributed by atoms with E-state index in [2.05, 4.69) is 36.3 Å². The molecule has 0 aromatic carbocycles. The van der Waals surface area contributed by atoms with Gasteiger partial charge in [0.15, 0.2) is 5.82 Å². The van der Waals surface area contributed by atoms with Crippen LogP contribution in [0.4, 0.5) is 5.82 Å². The van der Waals surface area contributed by atoms with Crippen LogP contribution >= 0.6 is 0 Å². The van der Waals surface area contributed by atoms with Gasteiger partial charge in [0.05, 0.1) is 5.69 Å². The van der Waals surface area contributed by atoms with E-state index >= 15 is 0 Å². The third-order valence-electron chi connectivity index (χ3n) is 4.03. The molecule has 1 N–H and O–H groups in total. The van der Waals surface area contributed by atoms with E-state index in [0.717, 1.165) is 12.1 Å². The number of hydrogen-bond donors (Lipinski definition) is 1. The number of anilines is 1. The summed E-state index contributed by atoms with van der Waals surface area (Å²) in [4.78, 5) is 26.2. The molecule has 0 saturated carbocycles. The maximum absolute atomic E-state index is 12.6. The van der Waals surface area contributed by atoms with Crippen molar-refractivity contribution in [2.75, 3.05) is 11.9 Å². The zero-order valence-corrected chi connectivity index (χ0v) is 14.6. The van der Waals surface area contributed by atoms with Crippen LogP contribution in [0, 0.1) is 5.92 Å². The number of hydrogen-bond acceptors (Lipinski definition) is 4. The van der Waals surface area contributed by atoms with Gasteiger partial charge in [-0.25, -0.2) is 0 Å². The Morgan fingerprint density at radius 3 is 2.39 bits per heavy atom. The average molecular weight is 318 g/mol. The van der Waals surface area contributed by atoms with Gasteiger partial charge in [0.25, 0.3) is 0 Å². The summed E-state index contributed by atoms with van der Waals surface area (Å²) in [6, 6.07) is 3.16. The maximum Gasteiger partial charge on any atom is 0.248 e. The second-order valence-electron chi connectivity index (χ2n) is 7.42. The normalized spacial score (nSPS) is 16.8. The quantitative estimate of drug-likeness (QED) is 0.924. The average Bonchev–Trinajstić information content (AvgIpc) is 2.84. The second kappa shape index (κ2) is 6.64. The molecule has 0 bridgehead atoms. The van der Waals surface area contributed by atoms with E-state index in [1.54, 1.807) is 11.0 Å². The molecule has 1 aliphatic heterocycles. The van der Waals surface area contributed by atoms with Crippen LogP contribution in [0.3, 0.4) is 0 Å². The van der Waals surface area contributed by atoms with Crippen LogP contribution in [0.25, 0.3) is 0 Å². The van der Waals surface area contributed by atoms with Gasteiger partial charge in [0.1, 0.15) is 6.04 Å². The molecular formula is C17H26N4O2. The molecule has 23 heavy (non-hydrogen) atoms. The highest BCUT2D eigenvalue weighted by atomic mass is 16.2. The standard InChI is InChI=1S/C17H26N4O2/c1-11(2)15(21-10-6-7-14(21)22)16(23)18-13-9-8-12(19-20-13)17(3,4)5/h8-9,11,15H,6-7,10H2,1-5H3,(H,18,20,23)/t15-/m0/s1. The van der Waals surface area contributed by atoms with Crippen molar-refractivity contribution in [3.05, 3.63) is 17.8 Å². The van der Waals surface area contributed by atoms with Crippen LogP contribution in [-0.4, -0.2) is 39.5 Å². The maximum atomic E-state index is 12.6.